The number of thioether (sulfide) groups is 1. The number of nitrogens with zero attached hydrogens (tertiary/aromatic N) is 6. The molecule has 0 amide bonds. The molecule has 132 valence electrons. The van der Waals surface area contributed by atoms with E-state index in [-0.39, 0.29) is 0 Å². The summed E-state index contributed by atoms with van der Waals surface area (Å²) in [6, 6.07) is 12.0. The fourth-order valence-electron chi connectivity index (χ4n) is 2.67. The smallest absolute Gasteiger partial charge is 0.210 e. The fourth-order valence-corrected chi connectivity index (χ4v) is 3.43. The molecule has 0 N–H and O–H groups in total. The van der Waals surface area contributed by atoms with Crippen molar-refractivity contribution in [2.24, 2.45) is 0 Å². The summed E-state index contributed by atoms with van der Waals surface area (Å²) in [5.41, 5.74) is 4.27. The van der Waals surface area contributed by atoms with Crippen LogP contribution in [0, 0.1) is 6.92 Å². The van der Waals surface area contributed by atoms with E-state index in [4.69, 9.17) is 4.74 Å². The number of benzene rings is 1. The van der Waals surface area contributed by atoms with Crippen LogP contribution in [0.25, 0.3) is 5.65 Å². The van der Waals surface area contributed by atoms with Crippen molar-refractivity contribution in [3.63, 3.8) is 0 Å². The predicted molar refractivity (Wildman–Crippen MR) is 99.4 cm³/mol. The number of aromatic nitrogens is 6. The maximum atomic E-state index is 5.19. The molecule has 0 bridgehead atoms. The van der Waals surface area contributed by atoms with Crippen molar-refractivity contribution in [1.82, 2.24) is 29.6 Å². The Bertz CT molecular complexity index is 1020. The number of imidazole rings is 1. The number of rotatable bonds is 6. The van der Waals surface area contributed by atoms with Crippen LogP contribution in [0.15, 0.2) is 53.9 Å². The van der Waals surface area contributed by atoms with Gasteiger partial charge >= 0.3 is 0 Å². The quantitative estimate of drug-likeness (QED) is 0.489. The Balaban J connectivity index is 1.45. The molecular weight excluding hydrogens is 348 g/mol. The maximum absolute atomic E-state index is 5.19. The third-order valence-corrected chi connectivity index (χ3v) is 4.98. The second-order valence-corrected chi connectivity index (χ2v) is 6.90. The number of methoxy groups -OCH3 is 1. The summed E-state index contributed by atoms with van der Waals surface area (Å²) in [6.07, 6.45) is 4.12. The first kappa shape index (κ1) is 16.6. The van der Waals surface area contributed by atoms with E-state index in [1.54, 1.807) is 23.6 Å². The van der Waals surface area contributed by atoms with Gasteiger partial charge in [-0.1, -0.05) is 30.0 Å². The normalized spacial score (nSPS) is 11.2. The van der Waals surface area contributed by atoms with Crippen molar-refractivity contribution in [2.75, 3.05) is 7.11 Å². The van der Waals surface area contributed by atoms with Crippen molar-refractivity contribution in [3.8, 4) is 5.75 Å². The predicted octanol–water partition coefficient (Wildman–Crippen LogP) is 2.98. The van der Waals surface area contributed by atoms with Crippen LogP contribution in [-0.4, -0.2) is 36.7 Å². The van der Waals surface area contributed by atoms with Crippen LogP contribution in [0.1, 0.15) is 16.8 Å². The molecule has 4 aromatic rings. The highest BCUT2D eigenvalue weighted by molar-refractivity contribution is 7.98. The van der Waals surface area contributed by atoms with E-state index in [9.17, 15) is 0 Å². The summed E-state index contributed by atoms with van der Waals surface area (Å²) in [5, 5.41) is 12.8. The molecule has 0 radical (unpaired) electrons. The third-order valence-electron chi connectivity index (χ3n) is 3.99. The molecule has 0 aliphatic carbocycles. The summed E-state index contributed by atoms with van der Waals surface area (Å²) in [5.74, 6) is 1.55. The standard InChI is InChI=1S/C18H18N6OS/c1-13-3-8-17-19-15(11-23(17)9-13)12-26-18-20-21-22-24(18)10-14-4-6-16(25-2)7-5-14/h3-9,11H,10,12H2,1-2H3. The highest BCUT2D eigenvalue weighted by Crippen LogP contribution is 2.21. The van der Waals surface area contributed by atoms with Crippen LogP contribution in [0.4, 0.5) is 0 Å². The van der Waals surface area contributed by atoms with Crippen LogP contribution in [0.2, 0.25) is 0 Å². The Labute approximate surface area is 155 Å². The lowest BCUT2D eigenvalue weighted by atomic mass is 10.2. The van der Waals surface area contributed by atoms with E-state index in [1.165, 1.54) is 5.56 Å². The molecule has 0 fully saturated rings. The van der Waals surface area contributed by atoms with Gasteiger partial charge in [-0.05, 0) is 46.7 Å². The topological polar surface area (TPSA) is 70.1 Å². The van der Waals surface area contributed by atoms with Crippen molar-refractivity contribution in [2.45, 2.75) is 24.4 Å². The van der Waals surface area contributed by atoms with Crippen LogP contribution in [0.3, 0.4) is 0 Å². The Morgan fingerprint density at radius 2 is 1.92 bits per heavy atom. The van der Waals surface area contributed by atoms with E-state index in [0.29, 0.717) is 12.3 Å². The van der Waals surface area contributed by atoms with Gasteiger partial charge in [-0.15, -0.1) is 5.10 Å². The molecular formula is C18H18N6OS. The molecule has 0 saturated carbocycles. The molecule has 0 spiro atoms. The zero-order valence-electron chi connectivity index (χ0n) is 14.5. The van der Waals surface area contributed by atoms with Gasteiger partial charge in [0.1, 0.15) is 11.4 Å². The lowest BCUT2D eigenvalue weighted by Gasteiger charge is -2.05. The summed E-state index contributed by atoms with van der Waals surface area (Å²) < 4.78 is 9.03. The van der Waals surface area contributed by atoms with Crippen LogP contribution in [-0.2, 0) is 12.3 Å². The van der Waals surface area contributed by atoms with Crippen molar-refractivity contribution in [1.29, 1.82) is 0 Å². The van der Waals surface area contributed by atoms with Gasteiger partial charge < -0.3 is 9.14 Å². The summed E-state index contributed by atoms with van der Waals surface area (Å²) in [6.45, 7) is 2.69. The lowest BCUT2D eigenvalue weighted by Crippen LogP contribution is -2.04. The zero-order chi connectivity index (χ0) is 17.9. The van der Waals surface area contributed by atoms with Crippen molar-refractivity contribution < 1.29 is 4.74 Å². The average molecular weight is 366 g/mol. The molecule has 0 aliphatic heterocycles. The fraction of sp³-hybridized carbons (Fsp3) is 0.222. The monoisotopic (exact) mass is 366 g/mol. The number of ether oxygens (including phenoxy) is 1. The Morgan fingerprint density at radius 3 is 2.73 bits per heavy atom. The number of pyridine rings is 1. The first-order valence-electron chi connectivity index (χ1n) is 8.17. The first-order valence-corrected chi connectivity index (χ1v) is 9.16. The van der Waals surface area contributed by atoms with E-state index >= 15 is 0 Å². The van der Waals surface area contributed by atoms with Crippen LogP contribution < -0.4 is 4.74 Å². The van der Waals surface area contributed by atoms with Gasteiger partial charge in [0.25, 0.3) is 0 Å². The van der Waals surface area contributed by atoms with Gasteiger partial charge in [-0.25, -0.2) is 9.67 Å². The molecule has 26 heavy (non-hydrogen) atoms. The second-order valence-electron chi connectivity index (χ2n) is 5.96. The van der Waals surface area contributed by atoms with E-state index in [1.807, 2.05) is 40.9 Å². The summed E-state index contributed by atoms with van der Waals surface area (Å²) >= 11 is 1.58. The summed E-state index contributed by atoms with van der Waals surface area (Å²) in [4.78, 5) is 4.64. The molecule has 0 unspecified atom stereocenters. The molecule has 7 nitrogen and oxygen atoms in total. The van der Waals surface area contributed by atoms with Crippen molar-refractivity contribution >= 4 is 17.4 Å². The largest absolute Gasteiger partial charge is 0.497 e. The zero-order valence-corrected chi connectivity index (χ0v) is 15.3. The number of fused-ring (bicyclic) bond motifs is 1. The van der Waals surface area contributed by atoms with E-state index < -0.39 is 0 Å². The minimum Gasteiger partial charge on any atom is -0.497 e. The minimum absolute atomic E-state index is 0.615. The van der Waals surface area contributed by atoms with Crippen LogP contribution in [0.5, 0.6) is 5.75 Å². The van der Waals surface area contributed by atoms with Crippen LogP contribution >= 0.6 is 11.8 Å². The highest BCUT2D eigenvalue weighted by atomic mass is 32.2. The number of aryl methyl sites for hydroxylation is 1. The number of hydrogen-bond acceptors (Lipinski definition) is 6. The number of tetrazole rings is 1. The molecule has 4 rings (SSSR count). The Morgan fingerprint density at radius 1 is 1.08 bits per heavy atom. The SMILES string of the molecule is COc1ccc(Cn2nnnc2SCc2cn3cc(C)ccc3n2)cc1. The molecule has 3 heterocycles. The lowest BCUT2D eigenvalue weighted by molar-refractivity contribution is 0.414. The molecule has 0 atom stereocenters. The molecule has 0 saturated heterocycles. The van der Waals surface area contributed by atoms with E-state index in [2.05, 4.69) is 39.7 Å². The molecule has 3 aromatic heterocycles. The second kappa shape index (κ2) is 7.17. The minimum atomic E-state index is 0.615. The Hall–Kier alpha value is -2.87. The summed E-state index contributed by atoms with van der Waals surface area (Å²) in [7, 11) is 1.66. The first-order chi connectivity index (χ1) is 12.7. The molecule has 1 aromatic carbocycles. The number of hydrogen-bond donors (Lipinski definition) is 0. The van der Waals surface area contributed by atoms with Gasteiger partial charge in [-0.3, -0.25) is 0 Å². The molecule has 0 aliphatic rings. The average Bonchev–Trinajstić information content (AvgIpc) is 3.26. The van der Waals surface area contributed by atoms with Crippen molar-refractivity contribution in [3.05, 3.63) is 65.6 Å². The molecule has 8 heteroatoms. The highest BCUT2D eigenvalue weighted by Gasteiger charge is 2.10. The van der Waals surface area contributed by atoms with E-state index in [0.717, 1.165) is 27.8 Å². The van der Waals surface area contributed by atoms with Gasteiger partial charge in [0.2, 0.25) is 5.16 Å². The van der Waals surface area contributed by atoms with Gasteiger partial charge in [0.05, 0.1) is 19.3 Å². The van der Waals surface area contributed by atoms with Gasteiger partial charge in [0.15, 0.2) is 0 Å². The maximum Gasteiger partial charge on any atom is 0.210 e. The van der Waals surface area contributed by atoms with Gasteiger partial charge in [0, 0.05) is 18.1 Å². The Kier molecular flexibility index (Phi) is 4.57. The van der Waals surface area contributed by atoms with Gasteiger partial charge in [-0.2, -0.15) is 0 Å². The third kappa shape index (κ3) is 3.55.